The summed E-state index contributed by atoms with van der Waals surface area (Å²) >= 11 is 0. The molecular formula is C71H127N2O7P. The smallest absolute Gasteiger partial charge is 0.306 e. The number of carbonyl (C=O) groups is 2. The van der Waals surface area contributed by atoms with E-state index in [0.717, 1.165) is 122 Å². The minimum Gasteiger partial charge on any atom is -0.756 e. The Hall–Kier alpha value is -3.07. The molecule has 1 amide bonds. The van der Waals surface area contributed by atoms with Gasteiger partial charge in [-0.3, -0.25) is 14.2 Å². The normalized spacial score (nSPS) is 14.2. The lowest BCUT2D eigenvalue weighted by atomic mass is 10.0. The summed E-state index contributed by atoms with van der Waals surface area (Å²) in [7, 11) is 1.16. The van der Waals surface area contributed by atoms with Gasteiger partial charge in [-0.25, -0.2) is 0 Å². The monoisotopic (exact) mass is 1150 g/mol. The Kier molecular flexibility index (Phi) is 57.8. The number of likely N-dealkylation sites (N-methyl/N-ethyl adjacent to an activating group) is 1. The molecule has 0 aromatic rings. The van der Waals surface area contributed by atoms with E-state index >= 15 is 0 Å². The highest BCUT2D eigenvalue weighted by molar-refractivity contribution is 7.45. The molecule has 0 aromatic heterocycles. The Bertz CT molecular complexity index is 1710. The molecule has 0 bridgehead atoms. The van der Waals surface area contributed by atoms with Crippen molar-refractivity contribution in [3.63, 3.8) is 0 Å². The lowest BCUT2D eigenvalue weighted by molar-refractivity contribution is -0.870. The minimum absolute atomic E-state index is 0.0312. The van der Waals surface area contributed by atoms with E-state index in [2.05, 4.69) is 111 Å². The molecule has 3 atom stereocenters. The van der Waals surface area contributed by atoms with Crippen molar-refractivity contribution in [2.75, 3.05) is 40.9 Å². The van der Waals surface area contributed by atoms with E-state index in [4.69, 9.17) is 13.8 Å². The number of quaternary nitrogens is 1. The van der Waals surface area contributed by atoms with Crippen LogP contribution in [0.1, 0.15) is 290 Å². The van der Waals surface area contributed by atoms with E-state index < -0.39 is 26.6 Å². The van der Waals surface area contributed by atoms with Gasteiger partial charge in [0, 0.05) is 12.8 Å². The third-order valence-electron chi connectivity index (χ3n) is 14.5. The molecule has 0 aromatic carbocycles. The van der Waals surface area contributed by atoms with Crippen molar-refractivity contribution in [2.24, 2.45) is 0 Å². The zero-order chi connectivity index (χ0) is 59.3. The van der Waals surface area contributed by atoms with Crippen molar-refractivity contribution in [3.8, 4) is 0 Å². The quantitative estimate of drug-likeness (QED) is 0.0212. The second kappa shape index (κ2) is 60.1. The molecular weight excluding hydrogens is 1020 g/mol. The summed E-state index contributed by atoms with van der Waals surface area (Å²) in [5.74, 6) is -0.567. The number of hydrogen-bond donors (Lipinski definition) is 1. The van der Waals surface area contributed by atoms with Gasteiger partial charge in [-0.15, -0.1) is 0 Å². The van der Waals surface area contributed by atoms with E-state index in [1.165, 1.54) is 128 Å². The van der Waals surface area contributed by atoms with E-state index in [0.29, 0.717) is 23.9 Å². The Balaban J connectivity index is 5.25. The summed E-state index contributed by atoms with van der Waals surface area (Å²) in [4.78, 5) is 40.1. The van der Waals surface area contributed by atoms with Crippen LogP contribution in [0.4, 0.5) is 0 Å². The summed E-state index contributed by atoms with van der Waals surface area (Å²) < 4.78 is 30.4. The van der Waals surface area contributed by atoms with E-state index in [-0.39, 0.29) is 24.9 Å². The summed E-state index contributed by atoms with van der Waals surface area (Å²) in [6.45, 7) is 6.78. The molecule has 81 heavy (non-hydrogen) atoms. The second-order valence-electron chi connectivity index (χ2n) is 23.6. The molecule has 0 saturated carbocycles. The summed E-state index contributed by atoms with van der Waals surface area (Å²) in [5.41, 5.74) is 0. The van der Waals surface area contributed by atoms with Gasteiger partial charge in [0.25, 0.3) is 7.82 Å². The molecule has 3 unspecified atom stereocenters. The molecule has 1 N–H and O–H groups in total. The number of amides is 1. The largest absolute Gasteiger partial charge is 0.756 e. The first-order chi connectivity index (χ1) is 39.4. The van der Waals surface area contributed by atoms with Crippen molar-refractivity contribution in [2.45, 2.75) is 303 Å². The highest BCUT2D eigenvalue weighted by Gasteiger charge is 2.27. The van der Waals surface area contributed by atoms with Crippen LogP contribution in [-0.2, 0) is 27.9 Å². The van der Waals surface area contributed by atoms with Gasteiger partial charge in [0.2, 0.25) is 5.91 Å². The van der Waals surface area contributed by atoms with E-state index in [9.17, 15) is 19.0 Å². The average Bonchev–Trinajstić information content (AvgIpc) is 3.44. The number of ether oxygens (including phenoxy) is 1. The zero-order valence-electron chi connectivity index (χ0n) is 53.5. The number of rotatable bonds is 60. The highest BCUT2D eigenvalue weighted by Crippen LogP contribution is 2.38. The Morgan fingerprint density at radius 1 is 0.432 bits per heavy atom. The number of nitrogens with one attached hydrogen (secondary N) is 1. The van der Waals surface area contributed by atoms with Gasteiger partial charge in [0.15, 0.2) is 0 Å². The van der Waals surface area contributed by atoms with Crippen LogP contribution in [-0.4, -0.2) is 69.4 Å². The zero-order valence-corrected chi connectivity index (χ0v) is 54.4. The average molecular weight is 1150 g/mol. The minimum atomic E-state index is -4.71. The third kappa shape index (κ3) is 61.3. The van der Waals surface area contributed by atoms with E-state index in [1.807, 2.05) is 33.3 Å². The first kappa shape index (κ1) is 77.9. The van der Waals surface area contributed by atoms with Crippen LogP contribution in [0.5, 0.6) is 0 Å². The molecule has 0 heterocycles. The van der Waals surface area contributed by atoms with Gasteiger partial charge in [-0.2, -0.15) is 0 Å². The van der Waals surface area contributed by atoms with Crippen LogP contribution >= 0.6 is 7.82 Å². The molecule has 0 aliphatic rings. The summed E-state index contributed by atoms with van der Waals surface area (Å²) in [6.07, 6.45) is 80.8. The fourth-order valence-electron chi connectivity index (χ4n) is 9.28. The number of carbonyl (C=O) groups excluding carboxylic acids is 2. The van der Waals surface area contributed by atoms with Crippen molar-refractivity contribution >= 4 is 19.7 Å². The first-order valence-electron chi connectivity index (χ1n) is 33.5. The van der Waals surface area contributed by atoms with Gasteiger partial charge in [0.1, 0.15) is 19.3 Å². The third-order valence-corrected chi connectivity index (χ3v) is 15.5. The van der Waals surface area contributed by atoms with Crippen LogP contribution < -0.4 is 10.2 Å². The molecule has 0 rings (SSSR count). The number of phosphoric acid groups is 1. The topological polar surface area (TPSA) is 114 Å². The molecule has 0 fully saturated rings. The number of phosphoric ester groups is 1. The Morgan fingerprint density at radius 3 is 1.15 bits per heavy atom. The number of nitrogens with zero attached hydrogens (tertiary/aromatic N) is 1. The molecule has 9 nitrogen and oxygen atoms in total. The van der Waals surface area contributed by atoms with Gasteiger partial charge in [0.05, 0.1) is 33.8 Å². The number of hydrogen-bond acceptors (Lipinski definition) is 7. The fourth-order valence-corrected chi connectivity index (χ4v) is 10.0. The van der Waals surface area contributed by atoms with Crippen LogP contribution in [0, 0.1) is 0 Å². The van der Waals surface area contributed by atoms with Gasteiger partial charge < -0.3 is 28.5 Å². The van der Waals surface area contributed by atoms with Crippen molar-refractivity contribution in [1.82, 2.24) is 5.32 Å². The highest BCUT2D eigenvalue weighted by atomic mass is 31.2. The van der Waals surface area contributed by atoms with E-state index in [1.54, 1.807) is 0 Å². The van der Waals surface area contributed by atoms with Gasteiger partial charge in [-0.05, 0) is 115 Å². The maximum Gasteiger partial charge on any atom is 0.306 e. The van der Waals surface area contributed by atoms with Crippen LogP contribution in [0.25, 0.3) is 0 Å². The molecule has 0 aliphatic carbocycles. The SMILES string of the molecule is CCCCC/C=C\C/C=C\C/C=C\C/C=C\CCCCCCCCCC(=O)NC(COP(=O)([O-])OCC[N+](C)(C)C)C(/C=C\CCCCCCCCCCCCC)OC(=O)CCCCCCCC/C=C\C/C=C\C/C=C\CCCCC. The summed E-state index contributed by atoms with van der Waals surface area (Å²) in [6, 6.07) is -0.906. The molecule has 0 spiro atoms. The molecule has 468 valence electrons. The fraction of sp³-hybridized carbons (Fsp3) is 0.746. The molecule has 0 aliphatic heterocycles. The molecule has 0 saturated heterocycles. The number of esters is 1. The van der Waals surface area contributed by atoms with Crippen molar-refractivity contribution in [3.05, 3.63) is 97.2 Å². The van der Waals surface area contributed by atoms with Crippen molar-refractivity contribution in [1.29, 1.82) is 0 Å². The first-order valence-corrected chi connectivity index (χ1v) is 35.0. The van der Waals surface area contributed by atoms with Crippen molar-refractivity contribution < 1.29 is 37.3 Å². The van der Waals surface area contributed by atoms with Crippen LogP contribution in [0.3, 0.4) is 0 Å². The predicted molar refractivity (Wildman–Crippen MR) is 348 cm³/mol. The molecule has 10 heteroatoms. The molecule has 0 radical (unpaired) electrons. The lowest BCUT2D eigenvalue weighted by Crippen LogP contribution is -2.47. The van der Waals surface area contributed by atoms with Gasteiger partial charge in [-0.1, -0.05) is 260 Å². The Labute approximate surface area is 500 Å². The van der Waals surface area contributed by atoms with Gasteiger partial charge >= 0.3 is 5.97 Å². The van der Waals surface area contributed by atoms with Crippen LogP contribution in [0.15, 0.2) is 97.2 Å². The standard InChI is InChI=1S/C71H127N2O7P/c1-7-10-13-16-19-22-25-28-30-32-34-35-36-37-39-40-42-45-48-51-54-57-60-63-70(74)72-68(67-79-81(76,77)78-66-65-73(4,5)6)69(62-59-56-53-50-47-44-27-24-21-18-15-12-9-3)80-71(75)64-61-58-55-52-49-46-43-41-38-33-31-29-26-23-20-17-14-11-8-2/h19-20,22-23,28-31,34-35,37-39,41,59,62,68-69H,7-18,21,24-27,32-33,36,40,42-58,60-61,63-67H2,1-6H3,(H-,72,74,76,77)/b22-19-,23-20-,30-28-,31-29-,35-34-,39-37-,41-38-,62-59-. The van der Waals surface area contributed by atoms with Crippen LogP contribution in [0.2, 0.25) is 0 Å². The predicted octanol–water partition coefficient (Wildman–Crippen LogP) is 20.5. The lowest BCUT2D eigenvalue weighted by Gasteiger charge is -2.30. The number of allylic oxidation sites excluding steroid dienone is 15. The summed E-state index contributed by atoms with van der Waals surface area (Å²) in [5, 5.41) is 3.03. The Morgan fingerprint density at radius 2 is 0.753 bits per heavy atom. The maximum absolute atomic E-state index is 13.6. The maximum atomic E-state index is 13.6. The second-order valence-corrected chi connectivity index (χ2v) is 25.0. The number of unbranched alkanes of at least 4 members (excludes halogenated alkanes) is 30.